The number of Topliss-reactive ketones (excluding diaryl/α,β-unsaturated/α-hetero) is 1. The van der Waals surface area contributed by atoms with E-state index in [0.29, 0.717) is 6.54 Å². The van der Waals surface area contributed by atoms with Crippen molar-refractivity contribution < 1.29 is 4.79 Å². The monoisotopic (exact) mass is 269 g/mol. The van der Waals surface area contributed by atoms with Crippen LogP contribution in [0.2, 0.25) is 0 Å². The van der Waals surface area contributed by atoms with E-state index in [9.17, 15) is 4.79 Å². The number of ketones is 1. The summed E-state index contributed by atoms with van der Waals surface area (Å²) in [5.41, 5.74) is 9.90. The molecule has 2 rings (SSSR count). The van der Waals surface area contributed by atoms with Crippen LogP contribution in [0.1, 0.15) is 42.1 Å². The minimum Gasteiger partial charge on any atom is -0.293 e. The largest absolute Gasteiger partial charge is 0.293 e. The van der Waals surface area contributed by atoms with Gasteiger partial charge in [0.05, 0.1) is 5.41 Å². The number of hydrogen-bond acceptors (Lipinski definition) is 2. The van der Waals surface area contributed by atoms with Gasteiger partial charge in [0.25, 0.3) is 0 Å². The quantitative estimate of drug-likeness (QED) is 0.256. The normalized spacial score (nSPS) is 21.6. The van der Waals surface area contributed by atoms with E-state index in [1.165, 1.54) is 0 Å². The van der Waals surface area contributed by atoms with Crippen LogP contribution < -0.4 is 0 Å². The van der Waals surface area contributed by atoms with Crippen LogP contribution in [-0.2, 0) is 6.42 Å². The smallest absolute Gasteiger partial charge is 0.173 e. The van der Waals surface area contributed by atoms with Crippen molar-refractivity contribution in [1.82, 2.24) is 0 Å². The number of rotatable bonds is 5. The van der Waals surface area contributed by atoms with Crippen molar-refractivity contribution in [2.45, 2.75) is 32.6 Å². The summed E-state index contributed by atoms with van der Waals surface area (Å²) in [6.07, 6.45) is 7.23. The number of nitrogens with zero attached hydrogens (tertiary/aromatic N) is 3. The molecule has 1 aromatic carbocycles. The van der Waals surface area contributed by atoms with Crippen LogP contribution in [0.5, 0.6) is 0 Å². The van der Waals surface area contributed by atoms with Crippen LogP contribution in [-0.4, -0.2) is 12.3 Å². The maximum Gasteiger partial charge on any atom is 0.173 e. The molecule has 0 heterocycles. The first-order valence-corrected chi connectivity index (χ1v) is 7.01. The van der Waals surface area contributed by atoms with Crippen molar-refractivity contribution in [1.29, 1.82) is 0 Å². The molecule has 0 amide bonds. The Hall–Kier alpha value is -2.06. The molecule has 1 atom stereocenters. The minimum atomic E-state index is -0.423. The summed E-state index contributed by atoms with van der Waals surface area (Å²) in [5, 5.41) is 3.56. The van der Waals surface area contributed by atoms with Gasteiger partial charge < -0.3 is 0 Å². The van der Waals surface area contributed by atoms with Gasteiger partial charge in [-0.3, -0.25) is 4.79 Å². The van der Waals surface area contributed by atoms with Crippen molar-refractivity contribution in [3.8, 4) is 0 Å². The van der Waals surface area contributed by atoms with E-state index in [1.54, 1.807) is 0 Å². The van der Waals surface area contributed by atoms with Gasteiger partial charge >= 0.3 is 0 Å². The first-order chi connectivity index (χ1) is 9.73. The van der Waals surface area contributed by atoms with Crippen molar-refractivity contribution in [2.24, 2.45) is 10.5 Å². The van der Waals surface area contributed by atoms with Crippen LogP contribution >= 0.6 is 0 Å². The standard InChI is InChI=1S/C16H19N3O/c1-2-9-16(10-5-12-18-19-17)11-8-13-6-3-4-7-14(13)15(16)20/h2-4,6-7,9H,5,8,10-12H2,1H3/b9-2+/t16-/m0/s1. The highest BCUT2D eigenvalue weighted by atomic mass is 16.1. The van der Waals surface area contributed by atoms with Crippen LogP contribution in [0.25, 0.3) is 10.4 Å². The van der Waals surface area contributed by atoms with E-state index in [-0.39, 0.29) is 5.78 Å². The van der Waals surface area contributed by atoms with E-state index < -0.39 is 5.41 Å². The third-order valence-corrected chi connectivity index (χ3v) is 3.98. The molecule has 4 heteroatoms. The first-order valence-electron chi connectivity index (χ1n) is 7.01. The minimum absolute atomic E-state index is 0.207. The molecule has 4 nitrogen and oxygen atoms in total. The Morgan fingerprint density at radius 1 is 1.45 bits per heavy atom. The molecule has 0 N–H and O–H groups in total. The second kappa shape index (κ2) is 6.40. The number of aryl methyl sites for hydroxylation is 1. The third-order valence-electron chi connectivity index (χ3n) is 3.98. The number of carbonyl (C=O) groups is 1. The molecule has 0 saturated carbocycles. The number of allylic oxidation sites excluding steroid dienone is 2. The lowest BCUT2D eigenvalue weighted by Crippen LogP contribution is -2.34. The Balaban J connectivity index is 2.25. The van der Waals surface area contributed by atoms with Crippen molar-refractivity contribution in [2.75, 3.05) is 6.54 Å². The zero-order chi connectivity index (χ0) is 14.4. The summed E-state index contributed by atoms with van der Waals surface area (Å²) in [6, 6.07) is 7.86. The topological polar surface area (TPSA) is 65.8 Å². The number of hydrogen-bond donors (Lipinski definition) is 0. The second-order valence-corrected chi connectivity index (χ2v) is 5.20. The maximum absolute atomic E-state index is 12.8. The van der Waals surface area contributed by atoms with E-state index in [0.717, 1.165) is 36.8 Å². The molecule has 1 aliphatic carbocycles. The van der Waals surface area contributed by atoms with E-state index in [4.69, 9.17) is 5.53 Å². The first kappa shape index (κ1) is 14.4. The van der Waals surface area contributed by atoms with Gasteiger partial charge in [0, 0.05) is 17.0 Å². The maximum atomic E-state index is 12.8. The van der Waals surface area contributed by atoms with Crippen LogP contribution in [0, 0.1) is 5.41 Å². The summed E-state index contributed by atoms with van der Waals surface area (Å²) in [5.74, 6) is 0.207. The number of fused-ring (bicyclic) bond motifs is 1. The summed E-state index contributed by atoms with van der Waals surface area (Å²) in [7, 11) is 0. The average Bonchev–Trinajstić information content (AvgIpc) is 2.48. The summed E-state index contributed by atoms with van der Waals surface area (Å²) in [6.45, 7) is 2.40. The number of azide groups is 1. The Morgan fingerprint density at radius 2 is 2.25 bits per heavy atom. The fourth-order valence-corrected chi connectivity index (χ4v) is 3.01. The van der Waals surface area contributed by atoms with E-state index in [2.05, 4.69) is 10.0 Å². The molecule has 0 radical (unpaired) electrons. The fourth-order valence-electron chi connectivity index (χ4n) is 3.01. The van der Waals surface area contributed by atoms with Gasteiger partial charge in [-0.2, -0.15) is 0 Å². The van der Waals surface area contributed by atoms with E-state index in [1.807, 2.05) is 43.3 Å². The number of carbonyl (C=O) groups excluding carboxylic acids is 1. The van der Waals surface area contributed by atoms with Gasteiger partial charge in [-0.15, -0.1) is 0 Å². The highest BCUT2D eigenvalue weighted by molar-refractivity contribution is 6.04. The zero-order valence-corrected chi connectivity index (χ0v) is 11.7. The van der Waals surface area contributed by atoms with Gasteiger partial charge in [0.2, 0.25) is 0 Å². The van der Waals surface area contributed by atoms with Crippen LogP contribution in [0.3, 0.4) is 0 Å². The molecule has 0 saturated heterocycles. The molecule has 20 heavy (non-hydrogen) atoms. The Morgan fingerprint density at radius 3 is 3.00 bits per heavy atom. The van der Waals surface area contributed by atoms with Gasteiger partial charge in [-0.1, -0.05) is 41.5 Å². The van der Waals surface area contributed by atoms with Gasteiger partial charge in [0.15, 0.2) is 5.78 Å². The summed E-state index contributed by atoms with van der Waals surface area (Å²) >= 11 is 0. The predicted molar refractivity (Wildman–Crippen MR) is 79.6 cm³/mol. The van der Waals surface area contributed by atoms with Gasteiger partial charge in [0.1, 0.15) is 0 Å². The zero-order valence-electron chi connectivity index (χ0n) is 11.7. The van der Waals surface area contributed by atoms with Crippen LogP contribution in [0.15, 0.2) is 41.5 Å². The summed E-state index contributed by atoms with van der Waals surface area (Å²) in [4.78, 5) is 15.6. The van der Waals surface area contributed by atoms with Crippen LogP contribution in [0.4, 0.5) is 0 Å². The van der Waals surface area contributed by atoms with E-state index >= 15 is 0 Å². The molecule has 0 fully saturated rings. The predicted octanol–water partition coefficient (Wildman–Crippen LogP) is 4.47. The SMILES string of the molecule is C/C=C/[C@]1(CCCN=[N+]=[N-])CCc2ccccc2C1=O. The molecule has 0 bridgehead atoms. The molecule has 0 aromatic heterocycles. The lowest BCUT2D eigenvalue weighted by Gasteiger charge is -2.34. The molecule has 104 valence electrons. The summed E-state index contributed by atoms with van der Waals surface area (Å²) < 4.78 is 0. The van der Waals surface area contributed by atoms with Crippen molar-refractivity contribution in [3.63, 3.8) is 0 Å². The molecular weight excluding hydrogens is 250 g/mol. The molecule has 1 aliphatic rings. The highest BCUT2D eigenvalue weighted by Gasteiger charge is 2.39. The lowest BCUT2D eigenvalue weighted by molar-refractivity contribution is 0.0811. The molecule has 0 unspecified atom stereocenters. The average molecular weight is 269 g/mol. The fraction of sp³-hybridized carbons (Fsp3) is 0.438. The number of benzene rings is 1. The lowest BCUT2D eigenvalue weighted by atomic mass is 9.68. The highest BCUT2D eigenvalue weighted by Crippen LogP contribution is 2.40. The molecule has 0 aliphatic heterocycles. The molecule has 0 spiro atoms. The van der Waals surface area contributed by atoms with Gasteiger partial charge in [-0.05, 0) is 43.7 Å². The van der Waals surface area contributed by atoms with Gasteiger partial charge in [-0.25, -0.2) is 0 Å². The van der Waals surface area contributed by atoms with Crippen molar-refractivity contribution >= 4 is 5.78 Å². The molecule has 1 aromatic rings. The second-order valence-electron chi connectivity index (χ2n) is 5.20. The third kappa shape index (κ3) is 2.75. The Labute approximate surface area is 119 Å². The Kier molecular flexibility index (Phi) is 4.59. The Bertz CT molecular complexity index is 573. The van der Waals surface area contributed by atoms with Crippen molar-refractivity contribution in [3.05, 3.63) is 58.0 Å². The molecular formula is C16H19N3O.